The average molecular weight is 913 g/mol. The third kappa shape index (κ3) is 18.1. The first-order chi connectivity index (χ1) is 29.8. The minimum absolute atomic E-state index is 0.0671. The van der Waals surface area contributed by atoms with Gasteiger partial charge in [0.1, 0.15) is 12.6 Å². The Bertz CT molecular complexity index is 2050. The number of carbonyl (C=O) groups excluding carboxylic acids is 3. The molecule has 0 spiro atoms. The highest BCUT2D eigenvalue weighted by atomic mass is 32.1. The number of nitrogens with one attached hydrogen (secondary N) is 3. The fourth-order valence-electron chi connectivity index (χ4n) is 6.10. The third-order valence-corrected chi connectivity index (χ3v) is 11.4. The van der Waals surface area contributed by atoms with Gasteiger partial charge in [0.25, 0.3) is 0 Å². The predicted molar refractivity (Wildman–Crippen MR) is 234 cm³/mol. The second-order valence-electron chi connectivity index (χ2n) is 15.5. The lowest BCUT2D eigenvalue weighted by Gasteiger charge is -2.30. The van der Waals surface area contributed by atoms with Gasteiger partial charge in [-0.05, 0) is 36.3 Å². The van der Waals surface area contributed by atoms with Crippen LogP contribution in [-0.2, 0) is 49.9 Å². The van der Waals surface area contributed by atoms with E-state index in [1.54, 1.807) is 30.1 Å². The van der Waals surface area contributed by atoms with Crippen LogP contribution in [0.4, 0.5) is 9.59 Å². The molecule has 8 N–H and O–H groups in total. The van der Waals surface area contributed by atoms with Crippen LogP contribution in [0.3, 0.4) is 0 Å². The Balaban J connectivity index is 0.000000701. The number of thiazole rings is 2. The molecule has 0 fully saturated rings. The van der Waals surface area contributed by atoms with Gasteiger partial charge in [0, 0.05) is 30.6 Å². The smallest absolute Gasteiger partial charge is 0.407 e. The maximum atomic E-state index is 13.9. The number of rotatable bonds is 22. The monoisotopic (exact) mass is 912 g/mol. The van der Waals surface area contributed by atoms with E-state index in [9.17, 15) is 33.9 Å². The molecule has 63 heavy (non-hydrogen) atoms. The highest BCUT2D eigenvalue weighted by Crippen LogP contribution is 2.21. The van der Waals surface area contributed by atoms with Crippen molar-refractivity contribution in [3.63, 3.8) is 0 Å². The van der Waals surface area contributed by atoms with Gasteiger partial charge in [-0.1, -0.05) is 88.4 Å². The summed E-state index contributed by atoms with van der Waals surface area (Å²) >= 11 is 2.95. The van der Waals surface area contributed by atoms with Gasteiger partial charge in [0.15, 0.2) is 5.60 Å². The topological polar surface area (TPSA) is 278 Å². The van der Waals surface area contributed by atoms with Crippen molar-refractivity contribution in [1.82, 2.24) is 30.8 Å². The summed E-state index contributed by atoms with van der Waals surface area (Å²) in [7, 11) is 1.68. The van der Waals surface area contributed by atoms with Crippen molar-refractivity contribution in [2.75, 3.05) is 7.05 Å². The summed E-state index contributed by atoms with van der Waals surface area (Å²) in [6, 6.07) is 16.8. The summed E-state index contributed by atoms with van der Waals surface area (Å²) in [6.07, 6.45) is -1.45. The first-order valence-electron chi connectivity index (χ1n) is 20.0. The van der Waals surface area contributed by atoms with Crippen LogP contribution in [0.25, 0.3) is 0 Å². The quantitative estimate of drug-likeness (QED) is 0.0533. The minimum atomic E-state index is -2.74. The van der Waals surface area contributed by atoms with Crippen LogP contribution in [0.15, 0.2) is 77.8 Å². The summed E-state index contributed by atoms with van der Waals surface area (Å²) in [5.74, 6) is -5.30. The Kier molecular flexibility index (Phi) is 20.6. The zero-order chi connectivity index (χ0) is 46.7. The van der Waals surface area contributed by atoms with E-state index in [1.807, 2.05) is 79.9 Å². The standard InChI is InChI=1S/C37H48N6O5S2.C6H8O7/c1-24(2)33(42-36(46)43(5)20-29-22-49-35(40-29)25(3)4)34(45)39-28(16-26-12-8-6-9-13-26)18-32(44)31(17-27-14-10-7-11-15-27)41-37(47)48-21-30-19-38-23-50-30;7-3(8)1-6(13,5(11)12)2-4(9)10/h6-15,19,22-25,28,31-33,44H,16-18,20-21H2,1-5H3,(H,39,45)(H,41,47)(H,42,46);13H,1-2H2,(H,7,8)(H,9,10)(H,11,12). The normalized spacial score (nSPS) is 13.1. The van der Waals surface area contributed by atoms with Crippen LogP contribution in [-0.4, -0.2) is 113 Å². The molecule has 0 saturated heterocycles. The van der Waals surface area contributed by atoms with E-state index in [4.69, 9.17) is 25.2 Å². The second kappa shape index (κ2) is 25.2. The fraction of sp³-hybridized carbons (Fsp3) is 0.442. The molecule has 2 aromatic carbocycles. The van der Waals surface area contributed by atoms with E-state index >= 15 is 0 Å². The van der Waals surface area contributed by atoms with Gasteiger partial charge in [-0.2, -0.15) is 0 Å². The summed E-state index contributed by atoms with van der Waals surface area (Å²) in [5, 5.41) is 57.3. The highest BCUT2D eigenvalue weighted by Gasteiger charge is 2.41. The Labute approximate surface area is 373 Å². The number of aliphatic carboxylic acids is 3. The maximum Gasteiger partial charge on any atom is 0.407 e. The number of amides is 4. The molecule has 4 amide bonds. The molecule has 4 atom stereocenters. The minimum Gasteiger partial charge on any atom is -0.481 e. The molecule has 2 aromatic heterocycles. The number of carboxylic acids is 3. The van der Waals surface area contributed by atoms with Gasteiger partial charge < -0.3 is 51.1 Å². The number of urea groups is 1. The molecule has 0 radical (unpaired) electrons. The van der Waals surface area contributed by atoms with Crippen molar-refractivity contribution < 1.29 is 59.0 Å². The van der Waals surface area contributed by atoms with Crippen molar-refractivity contribution in [2.45, 2.75) is 109 Å². The van der Waals surface area contributed by atoms with Crippen LogP contribution in [0.2, 0.25) is 0 Å². The largest absolute Gasteiger partial charge is 0.481 e. The molecule has 20 heteroatoms. The van der Waals surface area contributed by atoms with Crippen LogP contribution >= 0.6 is 22.7 Å². The van der Waals surface area contributed by atoms with E-state index in [0.717, 1.165) is 26.7 Å². The van der Waals surface area contributed by atoms with Crippen molar-refractivity contribution in [3.8, 4) is 0 Å². The summed E-state index contributed by atoms with van der Waals surface area (Å²) in [5.41, 5.74) is 1.61. The zero-order valence-electron chi connectivity index (χ0n) is 35.7. The lowest BCUT2D eigenvalue weighted by Crippen LogP contribution is -2.55. The van der Waals surface area contributed by atoms with E-state index in [2.05, 4.69) is 39.8 Å². The van der Waals surface area contributed by atoms with Gasteiger partial charge in [0.2, 0.25) is 5.91 Å². The SMILES string of the molecule is CC(C)c1nc(CN(C)C(=O)NC(C(=O)NC(Cc2ccccc2)CC(O)C(Cc2ccccc2)NC(=O)OCc2cncs2)C(C)C)cs1.O=C(O)CC(O)(CC(=O)O)C(=O)O. The third-order valence-electron chi connectivity index (χ3n) is 9.42. The van der Waals surface area contributed by atoms with Crippen LogP contribution in [0, 0.1) is 5.92 Å². The number of ether oxygens (including phenoxy) is 1. The Morgan fingerprint density at radius 2 is 1.41 bits per heavy atom. The molecule has 4 unspecified atom stereocenters. The van der Waals surface area contributed by atoms with Crippen molar-refractivity contribution in [3.05, 3.63) is 104 Å². The average Bonchev–Trinajstić information content (AvgIpc) is 3.92. The second-order valence-corrected chi connectivity index (χ2v) is 17.4. The van der Waals surface area contributed by atoms with Gasteiger partial charge in [-0.25, -0.2) is 19.4 Å². The highest BCUT2D eigenvalue weighted by molar-refractivity contribution is 7.09. The van der Waals surface area contributed by atoms with E-state index in [0.29, 0.717) is 25.3 Å². The molecule has 0 aliphatic heterocycles. The van der Waals surface area contributed by atoms with Crippen molar-refractivity contribution in [1.29, 1.82) is 0 Å². The Morgan fingerprint density at radius 1 is 0.825 bits per heavy atom. The Hall–Kier alpha value is -5.96. The van der Waals surface area contributed by atoms with E-state index in [1.165, 1.54) is 16.2 Å². The lowest BCUT2D eigenvalue weighted by atomic mass is 9.93. The molecule has 342 valence electrons. The number of carbonyl (C=O) groups is 6. The molecule has 0 saturated carbocycles. The Morgan fingerprint density at radius 3 is 1.90 bits per heavy atom. The number of aliphatic hydroxyl groups is 2. The molecule has 18 nitrogen and oxygen atoms in total. The first kappa shape index (κ1) is 51.4. The van der Waals surface area contributed by atoms with Crippen LogP contribution < -0.4 is 16.0 Å². The molecular weight excluding hydrogens is 857 g/mol. The number of nitrogens with zero attached hydrogens (tertiary/aromatic N) is 3. The predicted octanol–water partition coefficient (Wildman–Crippen LogP) is 4.66. The summed E-state index contributed by atoms with van der Waals surface area (Å²) < 4.78 is 5.42. The number of benzene rings is 2. The van der Waals surface area contributed by atoms with Crippen molar-refractivity contribution >= 4 is 58.6 Å². The fourth-order valence-corrected chi connectivity index (χ4v) is 7.43. The molecule has 0 aliphatic carbocycles. The molecule has 4 aromatic rings. The van der Waals surface area contributed by atoms with Crippen LogP contribution in [0.1, 0.15) is 79.6 Å². The summed E-state index contributed by atoms with van der Waals surface area (Å²) in [6.45, 7) is 8.28. The van der Waals surface area contributed by atoms with Gasteiger partial charge in [-0.15, -0.1) is 22.7 Å². The number of carboxylic acid groups (broad SMARTS) is 3. The number of aromatic nitrogens is 2. The van der Waals surface area contributed by atoms with E-state index in [-0.39, 0.29) is 30.9 Å². The molecule has 4 rings (SSSR count). The number of aliphatic hydroxyl groups excluding tert-OH is 1. The van der Waals surface area contributed by atoms with Crippen LogP contribution in [0.5, 0.6) is 0 Å². The number of hydrogen-bond donors (Lipinski definition) is 8. The molecular formula is C43H56N6O12S2. The lowest BCUT2D eigenvalue weighted by molar-refractivity contribution is -0.170. The van der Waals surface area contributed by atoms with Crippen molar-refractivity contribution in [2.24, 2.45) is 5.92 Å². The first-order valence-corrected chi connectivity index (χ1v) is 21.7. The maximum absolute atomic E-state index is 13.9. The summed E-state index contributed by atoms with van der Waals surface area (Å²) in [4.78, 5) is 81.5. The van der Waals surface area contributed by atoms with E-state index < -0.39 is 66.7 Å². The molecule has 0 bridgehead atoms. The van der Waals surface area contributed by atoms with Gasteiger partial charge >= 0.3 is 30.0 Å². The van der Waals surface area contributed by atoms with Gasteiger partial charge in [0.05, 0.1) is 52.6 Å². The molecule has 0 aliphatic rings. The molecule has 2 heterocycles. The number of alkyl carbamates (subject to hydrolysis) is 1. The zero-order valence-corrected chi connectivity index (χ0v) is 37.3. The number of hydrogen-bond acceptors (Lipinski definition) is 13. The van der Waals surface area contributed by atoms with Gasteiger partial charge in [-0.3, -0.25) is 19.4 Å².